The summed E-state index contributed by atoms with van der Waals surface area (Å²) in [5.74, 6) is -0.0367. The second kappa shape index (κ2) is 8.99. The molecular weight excluding hydrogens is 315 g/mol. The number of esters is 1. The number of benzene rings is 1. The fraction of sp³-hybridized carbons (Fsp3) is 0.471. The molecule has 0 aliphatic heterocycles. The van der Waals surface area contributed by atoms with Crippen molar-refractivity contribution in [2.45, 2.75) is 49.9 Å². The van der Waals surface area contributed by atoms with Gasteiger partial charge >= 0.3 is 127 Å². The molecule has 0 saturated carbocycles. The summed E-state index contributed by atoms with van der Waals surface area (Å²) in [4.78, 5) is 11.8. The Morgan fingerprint density at radius 1 is 1.25 bits per heavy atom. The number of hydrogen-bond donors (Lipinski definition) is 0. The van der Waals surface area contributed by atoms with Gasteiger partial charge in [-0.05, 0) is 0 Å². The molecule has 1 aromatic carbocycles. The summed E-state index contributed by atoms with van der Waals surface area (Å²) >= 11 is 0.476. The van der Waals surface area contributed by atoms with Crippen molar-refractivity contribution < 1.29 is 9.53 Å². The van der Waals surface area contributed by atoms with Crippen LogP contribution < -0.4 is 4.46 Å². The molecule has 0 radical (unpaired) electrons. The summed E-state index contributed by atoms with van der Waals surface area (Å²) in [5.41, 5.74) is 0. The van der Waals surface area contributed by atoms with Gasteiger partial charge in [-0.25, -0.2) is 0 Å². The molecule has 1 aliphatic rings. The number of carbonyl (C=O) groups is 1. The van der Waals surface area contributed by atoms with Crippen LogP contribution in [-0.2, 0) is 9.53 Å². The molecule has 108 valence electrons. The topological polar surface area (TPSA) is 26.3 Å². The number of carbonyl (C=O) groups excluding carboxylic acids is 1. The van der Waals surface area contributed by atoms with Crippen molar-refractivity contribution in [1.29, 1.82) is 0 Å². The van der Waals surface area contributed by atoms with Gasteiger partial charge in [-0.3, -0.25) is 0 Å². The van der Waals surface area contributed by atoms with E-state index in [1.807, 2.05) is 6.07 Å². The molecule has 20 heavy (non-hydrogen) atoms. The summed E-state index contributed by atoms with van der Waals surface area (Å²) in [7, 11) is 0. The third kappa shape index (κ3) is 5.94. The van der Waals surface area contributed by atoms with E-state index in [1.165, 1.54) is 10.9 Å². The number of hydrogen-bond acceptors (Lipinski definition) is 2. The van der Waals surface area contributed by atoms with Gasteiger partial charge in [0.15, 0.2) is 0 Å². The molecule has 0 heterocycles. The van der Waals surface area contributed by atoms with Crippen molar-refractivity contribution in [3.63, 3.8) is 0 Å². The van der Waals surface area contributed by atoms with Gasteiger partial charge in [-0.2, -0.15) is 0 Å². The summed E-state index contributed by atoms with van der Waals surface area (Å²) < 4.78 is 6.91. The van der Waals surface area contributed by atoms with Gasteiger partial charge < -0.3 is 0 Å². The van der Waals surface area contributed by atoms with Crippen LogP contribution >= 0.6 is 0 Å². The molecule has 1 aliphatic carbocycles. The van der Waals surface area contributed by atoms with Crippen LogP contribution in [0.2, 0.25) is 5.32 Å². The summed E-state index contributed by atoms with van der Waals surface area (Å²) in [6, 6.07) is 10.5. The first kappa shape index (κ1) is 15.3. The van der Waals surface area contributed by atoms with Gasteiger partial charge in [0.2, 0.25) is 0 Å². The second-order valence-corrected chi connectivity index (χ2v) is 7.46. The third-order valence-electron chi connectivity index (χ3n) is 3.28. The van der Waals surface area contributed by atoms with E-state index in [0.29, 0.717) is 21.4 Å². The van der Waals surface area contributed by atoms with Crippen molar-refractivity contribution >= 4 is 25.4 Å². The first-order chi connectivity index (χ1) is 9.84. The average molecular weight is 337 g/mol. The second-order valence-electron chi connectivity index (χ2n) is 5.01. The standard InChI is InChI=1S/C17H22O2Se/c18-17(19-15-9-4-1-2-5-10-15)13-8-14-20-16-11-6-3-7-12-16/h3-4,6-7,9,11-12,15H,1-2,5,8,10,13-14H2/t15-/m0/s1. The van der Waals surface area contributed by atoms with Crippen LogP contribution in [0.3, 0.4) is 0 Å². The van der Waals surface area contributed by atoms with Crippen molar-refractivity contribution in [2.24, 2.45) is 0 Å². The predicted molar refractivity (Wildman–Crippen MR) is 83.4 cm³/mol. The number of ether oxygens (including phenoxy) is 1. The van der Waals surface area contributed by atoms with Gasteiger partial charge in [0, 0.05) is 0 Å². The van der Waals surface area contributed by atoms with Gasteiger partial charge in [0.05, 0.1) is 0 Å². The molecule has 1 aromatic rings. The summed E-state index contributed by atoms with van der Waals surface area (Å²) in [6.45, 7) is 0. The number of rotatable bonds is 6. The normalized spacial score (nSPS) is 18.5. The molecule has 0 fully saturated rings. The van der Waals surface area contributed by atoms with Crippen LogP contribution in [0, 0.1) is 0 Å². The Hall–Kier alpha value is -1.05. The van der Waals surface area contributed by atoms with Crippen LogP contribution in [0.15, 0.2) is 42.5 Å². The maximum absolute atomic E-state index is 11.8. The zero-order valence-electron chi connectivity index (χ0n) is 11.8. The molecule has 0 amide bonds. The van der Waals surface area contributed by atoms with Crippen molar-refractivity contribution in [1.82, 2.24) is 0 Å². The fourth-order valence-electron chi connectivity index (χ4n) is 2.20. The Morgan fingerprint density at radius 3 is 2.95 bits per heavy atom. The van der Waals surface area contributed by atoms with Gasteiger partial charge in [-0.1, -0.05) is 0 Å². The van der Waals surface area contributed by atoms with Crippen molar-refractivity contribution in [3.8, 4) is 0 Å². The molecule has 2 nitrogen and oxygen atoms in total. The first-order valence-corrected chi connectivity index (χ1v) is 9.45. The Morgan fingerprint density at radius 2 is 2.10 bits per heavy atom. The Kier molecular flexibility index (Phi) is 6.90. The SMILES string of the molecule is O=C(CCC[Se]c1ccccc1)O[C@H]1C=CCCCC1. The zero-order valence-corrected chi connectivity index (χ0v) is 13.5. The van der Waals surface area contributed by atoms with Crippen LogP contribution in [0.25, 0.3) is 0 Å². The van der Waals surface area contributed by atoms with Gasteiger partial charge in [0.1, 0.15) is 0 Å². The monoisotopic (exact) mass is 338 g/mol. The van der Waals surface area contributed by atoms with E-state index < -0.39 is 0 Å². The van der Waals surface area contributed by atoms with Crippen molar-refractivity contribution in [2.75, 3.05) is 0 Å². The molecule has 0 saturated heterocycles. The minimum atomic E-state index is -0.0367. The molecule has 0 bridgehead atoms. The molecular formula is C17H22O2Se. The predicted octanol–water partition coefficient (Wildman–Crippen LogP) is 3.26. The summed E-state index contributed by atoms with van der Waals surface area (Å²) in [5, 5.41) is 1.10. The molecule has 1 atom stereocenters. The zero-order chi connectivity index (χ0) is 14.0. The van der Waals surface area contributed by atoms with Crippen LogP contribution in [0.5, 0.6) is 0 Å². The fourth-order valence-corrected chi connectivity index (χ4v) is 4.03. The molecule has 0 spiro atoms. The molecule has 3 heteroatoms. The Labute approximate surface area is 127 Å². The quantitative estimate of drug-likeness (QED) is 0.345. The van der Waals surface area contributed by atoms with E-state index in [2.05, 4.69) is 36.4 Å². The van der Waals surface area contributed by atoms with Crippen LogP contribution in [0.4, 0.5) is 0 Å². The first-order valence-electron chi connectivity index (χ1n) is 7.38. The average Bonchev–Trinajstić information content (AvgIpc) is 2.73. The third-order valence-corrected chi connectivity index (χ3v) is 5.58. The van der Waals surface area contributed by atoms with E-state index in [-0.39, 0.29) is 12.1 Å². The van der Waals surface area contributed by atoms with Crippen molar-refractivity contribution in [3.05, 3.63) is 42.5 Å². The van der Waals surface area contributed by atoms with E-state index in [9.17, 15) is 4.79 Å². The number of allylic oxidation sites excluding steroid dienone is 1. The maximum atomic E-state index is 11.8. The van der Waals surface area contributed by atoms with Gasteiger partial charge in [0.25, 0.3) is 0 Å². The summed E-state index contributed by atoms with van der Waals surface area (Å²) in [6.07, 6.45) is 10.2. The van der Waals surface area contributed by atoms with E-state index in [4.69, 9.17) is 4.74 Å². The van der Waals surface area contributed by atoms with Crippen LogP contribution in [0.1, 0.15) is 38.5 Å². The van der Waals surface area contributed by atoms with E-state index >= 15 is 0 Å². The van der Waals surface area contributed by atoms with Crippen LogP contribution in [-0.4, -0.2) is 27.0 Å². The minimum absolute atomic E-state index is 0.0182. The molecule has 0 N–H and O–H groups in total. The Bertz CT molecular complexity index is 428. The molecule has 0 aromatic heterocycles. The molecule has 0 unspecified atom stereocenters. The van der Waals surface area contributed by atoms with E-state index in [1.54, 1.807) is 0 Å². The van der Waals surface area contributed by atoms with E-state index in [0.717, 1.165) is 31.0 Å². The molecule has 2 rings (SSSR count). The Balaban J connectivity index is 1.60. The van der Waals surface area contributed by atoms with Gasteiger partial charge in [-0.15, -0.1) is 0 Å².